The zero-order chi connectivity index (χ0) is 13.1. The normalized spacial score (nSPS) is 10.8. The van der Waals surface area contributed by atoms with E-state index in [2.05, 4.69) is 11.9 Å². The fourth-order valence-corrected chi connectivity index (χ4v) is 2.56. The highest BCUT2D eigenvalue weighted by Gasteiger charge is 2.05. The lowest BCUT2D eigenvalue weighted by molar-refractivity contribution is 0.415. The van der Waals surface area contributed by atoms with Gasteiger partial charge in [-0.1, -0.05) is 13.3 Å². The average Bonchev–Trinajstić information content (AvgIpc) is 2.38. The van der Waals surface area contributed by atoms with Crippen molar-refractivity contribution in [3.05, 3.63) is 29.5 Å². The maximum atomic E-state index is 5.61. The molecule has 2 nitrogen and oxygen atoms in total. The van der Waals surface area contributed by atoms with Crippen LogP contribution in [0.3, 0.4) is 0 Å². The quantitative estimate of drug-likeness (QED) is 0.781. The standard InChI is InChI=1S/C15H19NOS/c1-4-5-6-12-10(2)16-14-8-7-11(17-3)9-13(14)15(12)18/h7-9H,4-6H2,1-3H3,(H,16,18)/p-1. The molecule has 18 heavy (non-hydrogen) atoms. The molecule has 0 saturated carbocycles. The zero-order valence-electron chi connectivity index (χ0n) is 11.1. The SMILES string of the molecule is CCCCc1c(C)nc2ccc(OC)cc2c1[S-]. The molecule has 0 spiro atoms. The number of unbranched alkanes of at least 4 members (excludes halogenated alkanes) is 1. The molecule has 1 aromatic carbocycles. The van der Waals surface area contributed by atoms with Gasteiger partial charge in [0.15, 0.2) is 0 Å². The van der Waals surface area contributed by atoms with Gasteiger partial charge in [-0.15, -0.1) is 0 Å². The van der Waals surface area contributed by atoms with Crippen molar-refractivity contribution < 1.29 is 4.74 Å². The summed E-state index contributed by atoms with van der Waals surface area (Å²) in [5.41, 5.74) is 3.23. The maximum absolute atomic E-state index is 5.61. The monoisotopic (exact) mass is 260 g/mol. The summed E-state index contributed by atoms with van der Waals surface area (Å²) in [6.45, 7) is 4.24. The number of hydrogen-bond donors (Lipinski definition) is 0. The van der Waals surface area contributed by atoms with E-state index in [1.807, 2.05) is 25.1 Å². The summed E-state index contributed by atoms with van der Waals surface area (Å²) in [4.78, 5) is 5.58. The molecule has 1 heterocycles. The van der Waals surface area contributed by atoms with E-state index in [1.54, 1.807) is 7.11 Å². The van der Waals surface area contributed by atoms with Crippen molar-refractivity contribution in [1.29, 1.82) is 0 Å². The molecule has 2 rings (SSSR count). The number of methoxy groups -OCH3 is 1. The third-order valence-electron chi connectivity index (χ3n) is 3.23. The minimum Gasteiger partial charge on any atom is -0.779 e. The molecule has 0 fully saturated rings. The van der Waals surface area contributed by atoms with Crippen LogP contribution in [-0.4, -0.2) is 12.1 Å². The van der Waals surface area contributed by atoms with Crippen LogP contribution in [0.15, 0.2) is 23.1 Å². The molecule has 1 aromatic heterocycles. The first-order chi connectivity index (χ1) is 8.67. The lowest BCUT2D eigenvalue weighted by Gasteiger charge is -2.20. The summed E-state index contributed by atoms with van der Waals surface area (Å²) in [5.74, 6) is 0.834. The smallest absolute Gasteiger partial charge is 0.119 e. The van der Waals surface area contributed by atoms with Gasteiger partial charge in [0.25, 0.3) is 0 Å². The van der Waals surface area contributed by atoms with E-state index in [4.69, 9.17) is 17.4 Å². The number of ether oxygens (including phenoxy) is 1. The van der Waals surface area contributed by atoms with Gasteiger partial charge in [0.05, 0.1) is 12.6 Å². The predicted molar refractivity (Wildman–Crippen MR) is 77.3 cm³/mol. The number of aryl methyl sites for hydroxylation is 1. The largest absolute Gasteiger partial charge is 0.779 e. The minimum atomic E-state index is 0.834. The molecule has 0 bridgehead atoms. The van der Waals surface area contributed by atoms with E-state index < -0.39 is 0 Å². The van der Waals surface area contributed by atoms with E-state index in [0.29, 0.717) is 0 Å². The minimum absolute atomic E-state index is 0.834. The van der Waals surface area contributed by atoms with Crippen molar-refractivity contribution in [3.8, 4) is 5.75 Å². The molecule has 0 radical (unpaired) electrons. The number of rotatable bonds is 4. The molecule has 96 valence electrons. The number of hydrogen-bond acceptors (Lipinski definition) is 3. The Morgan fingerprint density at radius 3 is 2.78 bits per heavy atom. The molecule has 0 atom stereocenters. The second kappa shape index (κ2) is 5.53. The first-order valence-corrected chi connectivity index (χ1v) is 6.72. The zero-order valence-corrected chi connectivity index (χ0v) is 11.9. The van der Waals surface area contributed by atoms with Gasteiger partial charge in [-0.3, -0.25) is 4.98 Å². The van der Waals surface area contributed by atoms with Crippen LogP contribution in [0.2, 0.25) is 0 Å². The van der Waals surface area contributed by atoms with Crippen molar-refractivity contribution in [1.82, 2.24) is 4.98 Å². The Morgan fingerprint density at radius 2 is 2.11 bits per heavy atom. The molecular formula is C15H18NOS-. The molecule has 2 aromatic rings. The van der Waals surface area contributed by atoms with Gasteiger partial charge in [-0.05, 0) is 48.9 Å². The first kappa shape index (κ1) is 13.1. The second-order valence-electron chi connectivity index (χ2n) is 4.49. The van der Waals surface area contributed by atoms with Crippen molar-refractivity contribution >= 4 is 23.5 Å². The Hall–Kier alpha value is -1.35. The Bertz CT molecular complexity index is 566. The summed E-state index contributed by atoms with van der Waals surface area (Å²) in [7, 11) is 1.67. The van der Waals surface area contributed by atoms with Gasteiger partial charge in [0.1, 0.15) is 5.75 Å². The Kier molecular flexibility index (Phi) is 4.02. The predicted octanol–water partition coefficient (Wildman–Crippen LogP) is 3.80. The van der Waals surface area contributed by atoms with Gasteiger partial charge in [-0.25, -0.2) is 0 Å². The molecule has 0 unspecified atom stereocenters. The fourth-order valence-electron chi connectivity index (χ4n) is 2.14. The van der Waals surface area contributed by atoms with E-state index in [1.165, 1.54) is 12.0 Å². The molecular weight excluding hydrogens is 242 g/mol. The highest BCUT2D eigenvalue weighted by Crippen LogP contribution is 2.27. The lowest BCUT2D eigenvalue weighted by atomic mass is 10.0. The third-order valence-corrected chi connectivity index (χ3v) is 3.69. The number of benzene rings is 1. The summed E-state index contributed by atoms with van der Waals surface area (Å²) in [6, 6.07) is 5.88. The second-order valence-corrected chi connectivity index (χ2v) is 4.90. The van der Waals surface area contributed by atoms with Gasteiger partial charge < -0.3 is 17.4 Å². The van der Waals surface area contributed by atoms with Crippen molar-refractivity contribution in [2.75, 3.05) is 7.11 Å². The summed E-state index contributed by atoms with van der Waals surface area (Å²) < 4.78 is 5.25. The topological polar surface area (TPSA) is 22.1 Å². The van der Waals surface area contributed by atoms with E-state index in [9.17, 15) is 0 Å². The lowest BCUT2D eigenvalue weighted by Crippen LogP contribution is -1.98. The average molecular weight is 260 g/mol. The van der Waals surface area contributed by atoms with Gasteiger partial charge in [0.2, 0.25) is 0 Å². The Balaban J connectivity index is 2.58. The molecule has 0 aliphatic heterocycles. The van der Waals surface area contributed by atoms with Crippen LogP contribution in [-0.2, 0) is 19.0 Å². The molecule has 0 saturated heterocycles. The fraction of sp³-hybridized carbons (Fsp3) is 0.400. The van der Waals surface area contributed by atoms with Gasteiger partial charge in [0, 0.05) is 5.69 Å². The van der Waals surface area contributed by atoms with Crippen LogP contribution < -0.4 is 4.74 Å². The number of pyridine rings is 1. The van der Waals surface area contributed by atoms with Crippen LogP contribution in [0.4, 0.5) is 0 Å². The third kappa shape index (κ3) is 2.41. The molecule has 0 amide bonds. The van der Waals surface area contributed by atoms with E-state index >= 15 is 0 Å². The number of aromatic nitrogens is 1. The van der Waals surface area contributed by atoms with Crippen LogP contribution in [0.25, 0.3) is 10.9 Å². The Morgan fingerprint density at radius 1 is 1.33 bits per heavy atom. The summed E-state index contributed by atoms with van der Waals surface area (Å²) in [5, 5.41) is 1.03. The van der Waals surface area contributed by atoms with Crippen molar-refractivity contribution in [3.63, 3.8) is 0 Å². The van der Waals surface area contributed by atoms with Gasteiger partial charge in [-0.2, -0.15) is 4.90 Å². The van der Waals surface area contributed by atoms with E-state index in [-0.39, 0.29) is 0 Å². The van der Waals surface area contributed by atoms with Crippen LogP contribution in [0, 0.1) is 6.92 Å². The molecule has 0 aliphatic carbocycles. The highest BCUT2D eigenvalue weighted by atomic mass is 32.1. The summed E-state index contributed by atoms with van der Waals surface area (Å²) >= 11 is 5.61. The Labute approximate surface area is 114 Å². The number of nitrogens with zero attached hydrogens (tertiary/aromatic N) is 1. The first-order valence-electron chi connectivity index (χ1n) is 6.31. The molecule has 0 N–H and O–H groups in total. The van der Waals surface area contributed by atoms with Crippen molar-refractivity contribution in [2.24, 2.45) is 0 Å². The van der Waals surface area contributed by atoms with Gasteiger partial charge >= 0.3 is 0 Å². The van der Waals surface area contributed by atoms with Crippen LogP contribution in [0.1, 0.15) is 31.0 Å². The summed E-state index contributed by atoms with van der Waals surface area (Å²) in [6.07, 6.45) is 3.34. The molecule has 0 aliphatic rings. The van der Waals surface area contributed by atoms with Crippen LogP contribution in [0.5, 0.6) is 5.75 Å². The van der Waals surface area contributed by atoms with Crippen molar-refractivity contribution in [2.45, 2.75) is 38.0 Å². The number of fused-ring (bicyclic) bond motifs is 1. The highest BCUT2D eigenvalue weighted by molar-refractivity contribution is 7.59. The van der Waals surface area contributed by atoms with Crippen LogP contribution >= 0.6 is 0 Å². The van der Waals surface area contributed by atoms with E-state index in [0.717, 1.165) is 40.1 Å². The maximum Gasteiger partial charge on any atom is 0.119 e. The molecule has 3 heteroatoms.